The minimum atomic E-state index is -4.21. The summed E-state index contributed by atoms with van der Waals surface area (Å²) in [4.78, 5) is 28.3. The molecule has 0 aliphatic heterocycles. The summed E-state index contributed by atoms with van der Waals surface area (Å²) in [5.74, 6) is -1.17. The largest absolute Gasteiger partial charge is 0.495 e. The molecule has 3 aromatic carbocycles. The molecule has 0 unspecified atom stereocenters. The number of para-hydroxylation sites is 2. The molecule has 0 radical (unpaired) electrons. The lowest BCUT2D eigenvalue weighted by Gasteiger charge is -2.32. The zero-order valence-corrected chi connectivity index (χ0v) is 23.3. The van der Waals surface area contributed by atoms with E-state index in [0.717, 1.165) is 4.31 Å². The molecule has 0 aromatic heterocycles. The van der Waals surface area contributed by atoms with Gasteiger partial charge >= 0.3 is 0 Å². The number of nitrogens with zero attached hydrogens (tertiary/aromatic N) is 2. The van der Waals surface area contributed by atoms with Crippen LogP contribution < -0.4 is 14.4 Å². The van der Waals surface area contributed by atoms with Gasteiger partial charge in [-0.25, -0.2) is 12.8 Å². The van der Waals surface area contributed by atoms with Crippen LogP contribution in [-0.2, 0) is 26.2 Å². The highest BCUT2D eigenvalue weighted by molar-refractivity contribution is 7.92. The molecule has 2 atom stereocenters. The van der Waals surface area contributed by atoms with Crippen molar-refractivity contribution in [3.63, 3.8) is 0 Å². The number of carbonyl (C=O) groups is 2. The normalized spacial score (nSPS) is 12.7. The van der Waals surface area contributed by atoms with Crippen molar-refractivity contribution in [2.75, 3.05) is 18.0 Å². The molecule has 3 aromatic rings. The lowest BCUT2D eigenvalue weighted by molar-refractivity contribution is -0.139. The summed E-state index contributed by atoms with van der Waals surface area (Å²) >= 11 is 0. The minimum absolute atomic E-state index is 0.00338. The molecule has 10 heteroatoms. The van der Waals surface area contributed by atoms with Gasteiger partial charge in [0, 0.05) is 12.6 Å². The highest BCUT2D eigenvalue weighted by Gasteiger charge is 2.33. The highest BCUT2D eigenvalue weighted by Crippen LogP contribution is 2.32. The fourth-order valence-corrected chi connectivity index (χ4v) is 5.35. The Balaban J connectivity index is 2.04. The van der Waals surface area contributed by atoms with Crippen LogP contribution in [0.4, 0.5) is 10.1 Å². The molecular formula is C29H34FN3O5S. The average Bonchev–Trinajstić information content (AvgIpc) is 2.95. The third-order valence-corrected chi connectivity index (χ3v) is 8.17. The molecule has 0 spiro atoms. The van der Waals surface area contributed by atoms with E-state index in [1.165, 1.54) is 48.4 Å². The second-order valence-electron chi connectivity index (χ2n) is 9.14. The fraction of sp³-hybridized carbons (Fsp3) is 0.310. The average molecular weight is 556 g/mol. The van der Waals surface area contributed by atoms with Crippen LogP contribution in [0.2, 0.25) is 0 Å². The number of ether oxygens (including phenoxy) is 1. The van der Waals surface area contributed by atoms with E-state index < -0.39 is 34.3 Å². The number of amides is 2. The maximum absolute atomic E-state index is 13.9. The van der Waals surface area contributed by atoms with Crippen molar-refractivity contribution >= 4 is 27.5 Å². The van der Waals surface area contributed by atoms with Crippen molar-refractivity contribution in [2.45, 2.75) is 50.7 Å². The molecule has 39 heavy (non-hydrogen) atoms. The summed E-state index contributed by atoms with van der Waals surface area (Å²) in [6.45, 7) is 4.74. The molecule has 2 amide bonds. The van der Waals surface area contributed by atoms with E-state index in [4.69, 9.17) is 4.74 Å². The lowest BCUT2D eigenvalue weighted by atomic mass is 10.1. The van der Waals surface area contributed by atoms with E-state index in [1.807, 2.05) is 13.8 Å². The van der Waals surface area contributed by atoms with Crippen LogP contribution in [0.25, 0.3) is 0 Å². The Morgan fingerprint density at radius 3 is 2.18 bits per heavy atom. The van der Waals surface area contributed by atoms with Gasteiger partial charge in [-0.1, -0.05) is 49.4 Å². The summed E-state index contributed by atoms with van der Waals surface area (Å²) in [6, 6.07) is 18.8. The van der Waals surface area contributed by atoms with Gasteiger partial charge in [-0.3, -0.25) is 13.9 Å². The van der Waals surface area contributed by atoms with Crippen LogP contribution in [0.1, 0.15) is 32.8 Å². The van der Waals surface area contributed by atoms with Gasteiger partial charge in [-0.2, -0.15) is 0 Å². The van der Waals surface area contributed by atoms with Gasteiger partial charge in [-0.15, -0.1) is 0 Å². The molecule has 208 valence electrons. The molecule has 1 N–H and O–H groups in total. The number of methoxy groups -OCH3 is 1. The number of hydrogen-bond donors (Lipinski definition) is 1. The number of nitrogens with one attached hydrogen (secondary N) is 1. The minimum Gasteiger partial charge on any atom is -0.495 e. The van der Waals surface area contributed by atoms with E-state index >= 15 is 0 Å². The van der Waals surface area contributed by atoms with Crippen molar-refractivity contribution in [2.24, 2.45) is 0 Å². The molecule has 0 bridgehead atoms. The van der Waals surface area contributed by atoms with Crippen LogP contribution in [0.15, 0.2) is 83.8 Å². The van der Waals surface area contributed by atoms with Gasteiger partial charge < -0.3 is 15.0 Å². The van der Waals surface area contributed by atoms with Gasteiger partial charge in [0.2, 0.25) is 11.8 Å². The van der Waals surface area contributed by atoms with Crippen LogP contribution in [0.3, 0.4) is 0 Å². The summed E-state index contributed by atoms with van der Waals surface area (Å²) in [7, 11) is -2.79. The maximum atomic E-state index is 13.9. The first-order valence-electron chi connectivity index (χ1n) is 12.6. The number of hydrogen-bond acceptors (Lipinski definition) is 5. The maximum Gasteiger partial charge on any atom is 0.264 e. The van der Waals surface area contributed by atoms with Gasteiger partial charge in [-0.05, 0) is 62.2 Å². The Bertz CT molecular complexity index is 1370. The standard InChI is InChI=1S/C29H34FN3O5S/c1-5-21(2)31-29(35)22(3)32(19-23-15-17-24(30)18-16-23)28(34)20-33(26-13-9-10-14-27(26)38-4)39(36,37)25-11-7-6-8-12-25/h6-18,21-22H,5,19-20H2,1-4H3,(H,31,35)/t21-,22-/m0/s1. The number of anilines is 1. The Morgan fingerprint density at radius 2 is 1.56 bits per heavy atom. The van der Waals surface area contributed by atoms with Crippen molar-refractivity contribution in [3.05, 3.63) is 90.2 Å². The van der Waals surface area contributed by atoms with Crippen molar-refractivity contribution in [3.8, 4) is 5.75 Å². The van der Waals surface area contributed by atoms with Crippen LogP contribution >= 0.6 is 0 Å². The van der Waals surface area contributed by atoms with E-state index in [0.29, 0.717) is 12.0 Å². The molecular weight excluding hydrogens is 521 g/mol. The topological polar surface area (TPSA) is 96.0 Å². The first kappa shape index (κ1) is 29.6. The van der Waals surface area contributed by atoms with Crippen LogP contribution in [-0.4, -0.2) is 50.9 Å². The number of rotatable bonds is 12. The molecule has 0 saturated heterocycles. The van der Waals surface area contributed by atoms with Gasteiger partial charge in [0.25, 0.3) is 10.0 Å². The van der Waals surface area contributed by atoms with Gasteiger partial charge in [0.15, 0.2) is 0 Å². The summed E-state index contributed by atoms with van der Waals surface area (Å²) in [5, 5.41) is 2.87. The molecule has 0 saturated carbocycles. The first-order chi connectivity index (χ1) is 18.6. The van der Waals surface area contributed by atoms with Crippen molar-refractivity contribution < 1.29 is 27.1 Å². The Morgan fingerprint density at radius 1 is 0.949 bits per heavy atom. The number of halogens is 1. The summed E-state index contributed by atoms with van der Waals surface area (Å²) in [5.41, 5.74) is 0.762. The SMILES string of the molecule is CC[C@H](C)NC(=O)[C@H](C)N(Cc1ccc(F)cc1)C(=O)CN(c1ccccc1OC)S(=O)(=O)c1ccccc1. The molecule has 8 nitrogen and oxygen atoms in total. The highest BCUT2D eigenvalue weighted by atomic mass is 32.2. The van der Waals surface area contributed by atoms with Crippen LogP contribution in [0, 0.1) is 5.82 Å². The quantitative estimate of drug-likeness (QED) is 0.358. The second kappa shape index (κ2) is 13.2. The molecule has 0 heterocycles. The Kier molecular flexibility index (Phi) is 10.1. The Labute approximate surface area is 229 Å². The number of benzene rings is 3. The predicted molar refractivity (Wildman–Crippen MR) is 148 cm³/mol. The van der Waals surface area contributed by atoms with Crippen molar-refractivity contribution in [1.82, 2.24) is 10.2 Å². The molecule has 0 fully saturated rings. The van der Waals surface area contributed by atoms with E-state index in [9.17, 15) is 22.4 Å². The monoisotopic (exact) mass is 555 g/mol. The zero-order chi connectivity index (χ0) is 28.6. The fourth-order valence-electron chi connectivity index (χ4n) is 3.90. The summed E-state index contributed by atoms with van der Waals surface area (Å²) < 4.78 is 47.6. The third kappa shape index (κ3) is 7.35. The van der Waals surface area contributed by atoms with E-state index in [1.54, 1.807) is 49.4 Å². The van der Waals surface area contributed by atoms with E-state index in [-0.39, 0.29) is 34.8 Å². The number of carbonyl (C=O) groups excluding carboxylic acids is 2. The predicted octanol–water partition coefficient (Wildman–Crippen LogP) is 4.36. The molecule has 3 rings (SSSR count). The first-order valence-corrected chi connectivity index (χ1v) is 14.1. The Hall–Kier alpha value is -3.92. The summed E-state index contributed by atoms with van der Waals surface area (Å²) in [6.07, 6.45) is 0.696. The van der Waals surface area contributed by atoms with Crippen LogP contribution in [0.5, 0.6) is 5.75 Å². The van der Waals surface area contributed by atoms with E-state index in [2.05, 4.69) is 5.32 Å². The smallest absolute Gasteiger partial charge is 0.264 e. The molecule has 0 aliphatic rings. The third-order valence-electron chi connectivity index (χ3n) is 6.40. The van der Waals surface area contributed by atoms with Gasteiger partial charge in [0.05, 0.1) is 17.7 Å². The van der Waals surface area contributed by atoms with Crippen molar-refractivity contribution in [1.29, 1.82) is 0 Å². The van der Waals surface area contributed by atoms with Gasteiger partial charge in [0.1, 0.15) is 24.2 Å². The zero-order valence-electron chi connectivity index (χ0n) is 22.5. The number of sulfonamides is 1. The lowest BCUT2D eigenvalue weighted by Crippen LogP contribution is -2.52. The second-order valence-corrected chi connectivity index (χ2v) is 11.0. The molecule has 0 aliphatic carbocycles.